The van der Waals surface area contributed by atoms with E-state index in [1.165, 1.54) is 5.69 Å². The molecule has 1 saturated heterocycles. The fourth-order valence-electron chi connectivity index (χ4n) is 3.82. The van der Waals surface area contributed by atoms with Crippen LogP contribution in [0.5, 0.6) is 0 Å². The van der Waals surface area contributed by atoms with Crippen molar-refractivity contribution < 1.29 is 4.79 Å². The molecule has 3 heterocycles. The molecule has 0 bridgehead atoms. The Kier molecular flexibility index (Phi) is 4.71. The van der Waals surface area contributed by atoms with Gasteiger partial charge < -0.3 is 14.4 Å². The molecule has 0 spiro atoms. The van der Waals surface area contributed by atoms with Crippen molar-refractivity contribution in [2.45, 2.75) is 6.42 Å². The van der Waals surface area contributed by atoms with E-state index in [1.807, 2.05) is 49.1 Å². The van der Waals surface area contributed by atoms with Crippen molar-refractivity contribution in [3.05, 3.63) is 60.4 Å². The minimum Gasteiger partial charge on any atom is -0.371 e. The molecule has 6 heteroatoms. The van der Waals surface area contributed by atoms with Gasteiger partial charge in [0.25, 0.3) is 5.91 Å². The Morgan fingerprint density at radius 3 is 2.81 bits per heavy atom. The number of aryl methyl sites for hydroxylation is 1. The van der Waals surface area contributed by atoms with Crippen LogP contribution in [0.1, 0.15) is 16.9 Å². The number of nitrogens with zero attached hydrogens (tertiary/aromatic N) is 4. The normalized spacial score (nSPS) is 16.7. The predicted octanol–water partition coefficient (Wildman–Crippen LogP) is 3.01. The molecule has 0 unspecified atom stereocenters. The maximum Gasteiger partial charge on any atom is 0.271 e. The summed E-state index contributed by atoms with van der Waals surface area (Å²) in [6.45, 7) is 2.78. The van der Waals surface area contributed by atoms with E-state index in [1.54, 1.807) is 4.90 Å². The van der Waals surface area contributed by atoms with E-state index in [0.717, 1.165) is 37.4 Å². The Hall–Kier alpha value is -3.02. The molecule has 1 aromatic carbocycles. The summed E-state index contributed by atoms with van der Waals surface area (Å²) in [5.41, 5.74) is 3.57. The number of H-pyrrole nitrogens is 1. The molecule has 0 radical (unpaired) electrons. The number of nitrogens with one attached hydrogen (secondary N) is 1. The van der Waals surface area contributed by atoms with Gasteiger partial charge >= 0.3 is 0 Å². The molecule has 27 heavy (non-hydrogen) atoms. The fraction of sp³-hybridized carbons (Fsp3) is 0.333. The van der Waals surface area contributed by atoms with Gasteiger partial charge in [0.05, 0.1) is 5.69 Å². The minimum absolute atomic E-state index is 0.0129. The second kappa shape index (κ2) is 7.31. The van der Waals surface area contributed by atoms with Crippen LogP contribution in [0.25, 0.3) is 11.4 Å². The van der Waals surface area contributed by atoms with Gasteiger partial charge in [-0.25, -0.2) is 0 Å². The highest BCUT2D eigenvalue weighted by Gasteiger charge is 2.26. The van der Waals surface area contributed by atoms with Crippen molar-refractivity contribution in [3.63, 3.8) is 0 Å². The molecule has 1 N–H and O–H groups in total. The summed E-state index contributed by atoms with van der Waals surface area (Å²) in [6.07, 6.45) is 3.07. The van der Waals surface area contributed by atoms with Gasteiger partial charge in [0.15, 0.2) is 0 Å². The van der Waals surface area contributed by atoms with Crippen molar-refractivity contribution in [1.29, 1.82) is 0 Å². The van der Waals surface area contributed by atoms with Gasteiger partial charge in [0, 0.05) is 45.6 Å². The number of aromatic nitrogens is 3. The zero-order chi connectivity index (χ0) is 18.8. The first-order chi connectivity index (χ1) is 13.1. The number of benzene rings is 1. The monoisotopic (exact) mass is 363 g/mol. The molecule has 1 amide bonds. The Balaban J connectivity index is 1.38. The van der Waals surface area contributed by atoms with Crippen LogP contribution >= 0.6 is 0 Å². The van der Waals surface area contributed by atoms with Crippen LogP contribution in [0.15, 0.2) is 54.7 Å². The number of hydrogen-bond donors (Lipinski definition) is 1. The summed E-state index contributed by atoms with van der Waals surface area (Å²) in [4.78, 5) is 17.0. The first kappa shape index (κ1) is 17.4. The van der Waals surface area contributed by atoms with E-state index in [-0.39, 0.29) is 5.91 Å². The van der Waals surface area contributed by atoms with Crippen molar-refractivity contribution >= 4 is 11.6 Å². The molecule has 140 valence electrons. The Labute approximate surface area is 159 Å². The number of hydrogen-bond acceptors (Lipinski definition) is 3. The van der Waals surface area contributed by atoms with E-state index in [4.69, 9.17) is 0 Å². The number of rotatable bonds is 5. The average molecular weight is 363 g/mol. The summed E-state index contributed by atoms with van der Waals surface area (Å²) in [7, 11) is 3.84. The number of anilines is 1. The van der Waals surface area contributed by atoms with Gasteiger partial charge in [0.2, 0.25) is 0 Å². The molecule has 1 atom stereocenters. The number of carbonyl (C=O) groups is 1. The highest BCUT2D eigenvalue weighted by molar-refractivity contribution is 5.93. The van der Waals surface area contributed by atoms with E-state index >= 15 is 0 Å². The van der Waals surface area contributed by atoms with Crippen LogP contribution in [0.4, 0.5) is 5.69 Å². The first-order valence-electron chi connectivity index (χ1n) is 9.34. The van der Waals surface area contributed by atoms with Crippen molar-refractivity contribution in [1.82, 2.24) is 19.7 Å². The van der Waals surface area contributed by atoms with E-state index in [9.17, 15) is 4.79 Å². The third-order valence-corrected chi connectivity index (χ3v) is 5.30. The molecule has 1 aliphatic rings. The van der Waals surface area contributed by atoms with E-state index < -0.39 is 0 Å². The van der Waals surface area contributed by atoms with E-state index in [2.05, 4.69) is 39.4 Å². The maximum absolute atomic E-state index is 12.8. The third-order valence-electron chi connectivity index (χ3n) is 5.30. The third kappa shape index (κ3) is 3.60. The van der Waals surface area contributed by atoms with Crippen LogP contribution in [0.2, 0.25) is 0 Å². The topological polar surface area (TPSA) is 57.2 Å². The second-order valence-corrected chi connectivity index (χ2v) is 7.29. The molecule has 3 aromatic rings. The summed E-state index contributed by atoms with van der Waals surface area (Å²) in [5, 5.41) is 7.20. The molecular weight excluding hydrogens is 338 g/mol. The summed E-state index contributed by atoms with van der Waals surface area (Å²) >= 11 is 0. The van der Waals surface area contributed by atoms with Gasteiger partial charge in [-0.15, -0.1) is 0 Å². The molecule has 2 aromatic heterocycles. The van der Waals surface area contributed by atoms with Crippen LogP contribution < -0.4 is 4.90 Å². The van der Waals surface area contributed by atoms with Crippen molar-refractivity contribution in [3.8, 4) is 11.4 Å². The lowest BCUT2D eigenvalue weighted by atomic mass is 10.1. The SMILES string of the molecule is CN(C[C@@H]1CCN(c2ccccc2)C1)C(=O)c1cc(-c2cccn2C)n[nH]1. The van der Waals surface area contributed by atoms with Gasteiger partial charge in [-0.2, -0.15) is 5.10 Å². The Morgan fingerprint density at radius 2 is 2.07 bits per heavy atom. The van der Waals surface area contributed by atoms with Gasteiger partial charge in [0.1, 0.15) is 11.4 Å². The quantitative estimate of drug-likeness (QED) is 0.758. The Bertz CT molecular complexity index is 914. The smallest absolute Gasteiger partial charge is 0.271 e. The minimum atomic E-state index is -0.0129. The molecule has 0 aliphatic carbocycles. The van der Waals surface area contributed by atoms with Gasteiger partial charge in [-0.3, -0.25) is 9.89 Å². The lowest BCUT2D eigenvalue weighted by Gasteiger charge is -2.22. The standard InChI is InChI=1S/C21H25N5O/c1-24-11-6-9-20(24)18-13-19(23-22-18)21(27)25(2)14-16-10-12-26(15-16)17-7-4-3-5-8-17/h3-9,11,13,16H,10,12,14-15H2,1-2H3,(H,22,23)/t16-/m0/s1. The van der Waals surface area contributed by atoms with Crippen molar-refractivity contribution in [2.75, 3.05) is 31.6 Å². The van der Waals surface area contributed by atoms with Crippen LogP contribution in [-0.4, -0.2) is 52.3 Å². The number of para-hydroxylation sites is 1. The molecule has 6 nitrogen and oxygen atoms in total. The largest absolute Gasteiger partial charge is 0.371 e. The summed E-state index contributed by atoms with van der Waals surface area (Å²) < 4.78 is 1.99. The van der Waals surface area contributed by atoms with E-state index in [0.29, 0.717) is 11.6 Å². The highest BCUT2D eigenvalue weighted by atomic mass is 16.2. The second-order valence-electron chi connectivity index (χ2n) is 7.29. The molecule has 4 rings (SSSR count). The maximum atomic E-state index is 12.8. The lowest BCUT2D eigenvalue weighted by Crippen LogP contribution is -2.33. The number of carbonyl (C=O) groups excluding carboxylic acids is 1. The van der Waals surface area contributed by atoms with Gasteiger partial charge in [-0.1, -0.05) is 18.2 Å². The molecular formula is C21H25N5O. The summed E-state index contributed by atoms with van der Waals surface area (Å²) in [6, 6.07) is 16.3. The number of amides is 1. The molecule has 1 fully saturated rings. The molecule has 1 aliphatic heterocycles. The zero-order valence-corrected chi connectivity index (χ0v) is 15.8. The van der Waals surface area contributed by atoms with Crippen LogP contribution in [0.3, 0.4) is 0 Å². The van der Waals surface area contributed by atoms with Crippen LogP contribution in [-0.2, 0) is 7.05 Å². The number of aromatic amines is 1. The highest BCUT2D eigenvalue weighted by Crippen LogP contribution is 2.24. The zero-order valence-electron chi connectivity index (χ0n) is 15.8. The molecule has 0 saturated carbocycles. The fourth-order valence-corrected chi connectivity index (χ4v) is 3.82. The first-order valence-corrected chi connectivity index (χ1v) is 9.34. The van der Waals surface area contributed by atoms with Crippen molar-refractivity contribution in [2.24, 2.45) is 13.0 Å². The lowest BCUT2D eigenvalue weighted by molar-refractivity contribution is 0.0770. The Morgan fingerprint density at radius 1 is 1.26 bits per heavy atom. The summed E-state index contributed by atoms with van der Waals surface area (Å²) in [5.74, 6) is 0.468. The predicted molar refractivity (Wildman–Crippen MR) is 107 cm³/mol. The average Bonchev–Trinajstić information content (AvgIpc) is 3.42. The van der Waals surface area contributed by atoms with Crippen LogP contribution in [0, 0.1) is 5.92 Å². The van der Waals surface area contributed by atoms with Gasteiger partial charge in [-0.05, 0) is 42.7 Å².